The lowest BCUT2D eigenvalue weighted by atomic mass is 10.1. The second kappa shape index (κ2) is 8.71. The first-order valence-electron chi connectivity index (χ1n) is 9.75. The van der Waals surface area contributed by atoms with Gasteiger partial charge in [0.25, 0.3) is 5.91 Å². The summed E-state index contributed by atoms with van der Waals surface area (Å²) in [5.74, 6) is 1.59. The molecule has 0 atom stereocenters. The second-order valence-electron chi connectivity index (χ2n) is 6.94. The normalized spacial score (nSPS) is 11.1. The number of hydrazone groups is 1. The van der Waals surface area contributed by atoms with Crippen LogP contribution in [0.15, 0.2) is 76.4 Å². The van der Waals surface area contributed by atoms with Crippen molar-refractivity contribution in [2.45, 2.75) is 13.8 Å². The summed E-state index contributed by atoms with van der Waals surface area (Å²) < 4.78 is 12.7. The zero-order chi connectivity index (χ0) is 21.8. The first-order valence-corrected chi connectivity index (χ1v) is 9.75. The van der Waals surface area contributed by atoms with Gasteiger partial charge in [-0.1, -0.05) is 30.3 Å². The molecule has 2 aromatic heterocycles. The van der Waals surface area contributed by atoms with Crippen LogP contribution in [0, 0.1) is 13.8 Å². The lowest BCUT2D eigenvalue weighted by Crippen LogP contribution is -2.17. The Hall–Kier alpha value is -4.13. The van der Waals surface area contributed by atoms with Crippen LogP contribution in [-0.4, -0.2) is 29.0 Å². The summed E-state index contributed by atoms with van der Waals surface area (Å²) in [7, 11) is 1.62. The minimum atomic E-state index is -0.333. The van der Waals surface area contributed by atoms with Crippen molar-refractivity contribution in [3.8, 4) is 22.7 Å². The fourth-order valence-electron chi connectivity index (χ4n) is 3.32. The van der Waals surface area contributed by atoms with Gasteiger partial charge < -0.3 is 9.15 Å². The summed E-state index contributed by atoms with van der Waals surface area (Å²) in [5, 5.41) is 8.91. The van der Waals surface area contributed by atoms with Gasteiger partial charge in [0, 0.05) is 17.3 Å². The third-order valence-electron chi connectivity index (χ3n) is 4.78. The van der Waals surface area contributed by atoms with Crippen molar-refractivity contribution < 1.29 is 13.9 Å². The monoisotopic (exact) mass is 414 g/mol. The maximum Gasteiger partial charge on any atom is 0.274 e. The van der Waals surface area contributed by atoms with Crippen molar-refractivity contribution in [2.75, 3.05) is 7.11 Å². The summed E-state index contributed by atoms with van der Waals surface area (Å²) in [5.41, 5.74) is 6.17. The number of ether oxygens (including phenoxy) is 1. The Morgan fingerprint density at radius 3 is 2.58 bits per heavy atom. The molecule has 2 aromatic carbocycles. The van der Waals surface area contributed by atoms with Crippen molar-refractivity contribution in [2.24, 2.45) is 5.10 Å². The topological polar surface area (TPSA) is 81.6 Å². The minimum absolute atomic E-state index is 0.333. The lowest BCUT2D eigenvalue weighted by Gasteiger charge is -2.06. The molecule has 0 saturated carbocycles. The van der Waals surface area contributed by atoms with Crippen LogP contribution >= 0.6 is 0 Å². The highest BCUT2D eigenvalue weighted by atomic mass is 16.5. The molecule has 0 aliphatic heterocycles. The smallest absolute Gasteiger partial charge is 0.274 e. The van der Waals surface area contributed by atoms with Crippen molar-refractivity contribution in [3.63, 3.8) is 0 Å². The van der Waals surface area contributed by atoms with Gasteiger partial charge in [-0.2, -0.15) is 10.2 Å². The Bertz CT molecular complexity index is 1240. The number of rotatable bonds is 6. The molecule has 0 saturated heterocycles. The first kappa shape index (κ1) is 20.2. The van der Waals surface area contributed by atoms with E-state index in [9.17, 15) is 4.79 Å². The lowest BCUT2D eigenvalue weighted by molar-refractivity contribution is 0.0953. The van der Waals surface area contributed by atoms with Crippen LogP contribution in [0.4, 0.5) is 0 Å². The molecule has 0 fully saturated rings. The van der Waals surface area contributed by atoms with Gasteiger partial charge in [-0.05, 0) is 44.2 Å². The third kappa shape index (κ3) is 4.25. The zero-order valence-electron chi connectivity index (χ0n) is 17.5. The number of methoxy groups -OCH3 is 1. The molecular formula is C24H22N4O3. The van der Waals surface area contributed by atoms with Crippen LogP contribution < -0.4 is 10.2 Å². The van der Waals surface area contributed by atoms with E-state index in [1.54, 1.807) is 37.9 Å². The van der Waals surface area contributed by atoms with Crippen LogP contribution in [-0.2, 0) is 0 Å². The summed E-state index contributed by atoms with van der Waals surface area (Å²) in [6, 6.07) is 19.1. The summed E-state index contributed by atoms with van der Waals surface area (Å²) >= 11 is 0. The first-order chi connectivity index (χ1) is 15.1. The summed E-state index contributed by atoms with van der Waals surface area (Å²) in [4.78, 5) is 12.4. The number of para-hydroxylation sites is 2. The third-order valence-corrected chi connectivity index (χ3v) is 4.78. The van der Waals surface area contributed by atoms with E-state index in [2.05, 4.69) is 10.5 Å². The van der Waals surface area contributed by atoms with E-state index >= 15 is 0 Å². The Labute approximate surface area is 180 Å². The van der Waals surface area contributed by atoms with Crippen molar-refractivity contribution in [1.29, 1.82) is 0 Å². The average molecular weight is 414 g/mol. The van der Waals surface area contributed by atoms with Gasteiger partial charge in [0.2, 0.25) is 0 Å². The molecule has 7 heteroatoms. The van der Waals surface area contributed by atoms with Crippen LogP contribution in [0.2, 0.25) is 0 Å². The van der Waals surface area contributed by atoms with E-state index in [-0.39, 0.29) is 5.91 Å². The maximum absolute atomic E-state index is 12.4. The van der Waals surface area contributed by atoms with Crippen LogP contribution in [0.25, 0.3) is 16.9 Å². The minimum Gasteiger partial charge on any atom is -0.496 e. The van der Waals surface area contributed by atoms with Crippen molar-refractivity contribution in [3.05, 3.63) is 89.5 Å². The molecule has 0 aliphatic rings. The highest BCUT2D eigenvalue weighted by Crippen LogP contribution is 2.31. The average Bonchev–Trinajstić information content (AvgIpc) is 3.36. The van der Waals surface area contributed by atoms with E-state index in [4.69, 9.17) is 14.3 Å². The number of aryl methyl sites for hydroxylation is 2. The van der Waals surface area contributed by atoms with Gasteiger partial charge in [-0.25, -0.2) is 10.1 Å². The second-order valence-corrected chi connectivity index (χ2v) is 6.94. The van der Waals surface area contributed by atoms with Crippen molar-refractivity contribution in [1.82, 2.24) is 15.2 Å². The Kier molecular flexibility index (Phi) is 5.66. The summed E-state index contributed by atoms with van der Waals surface area (Å²) in [6.07, 6.45) is 3.44. The van der Waals surface area contributed by atoms with E-state index in [0.717, 1.165) is 16.8 Å². The van der Waals surface area contributed by atoms with E-state index in [1.807, 2.05) is 60.8 Å². The van der Waals surface area contributed by atoms with Crippen molar-refractivity contribution >= 4 is 12.1 Å². The van der Waals surface area contributed by atoms with E-state index in [1.165, 1.54) is 0 Å². The number of furan rings is 1. The number of nitrogens with one attached hydrogen (secondary N) is 1. The Morgan fingerprint density at radius 1 is 1.13 bits per heavy atom. The fourth-order valence-corrected chi connectivity index (χ4v) is 3.32. The highest BCUT2D eigenvalue weighted by molar-refractivity contribution is 5.96. The van der Waals surface area contributed by atoms with Gasteiger partial charge in [0.05, 0.1) is 24.6 Å². The highest BCUT2D eigenvalue weighted by Gasteiger charge is 2.16. The predicted molar refractivity (Wildman–Crippen MR) is 119 cm³/mol. The van der Waals surface area contributed by atoms with Crippen LogP contribution in [0.3, 0.4) is 0 Å². The van der Waals surface area contributed by atoms with Gasteiger partial charge in [-0.3, -0.25) is 4.79 Å². The molecule has 31 heavy (non-hydrogen) atoms. The van der Waals surface area contributed by atoms with Gasteiger partial charge in [0.1, 0.15) is 23.0 Å². The molecule has 156 valence electrons. The molecule has 2 heterocycles. The van der Waals surface area contributed by atoms with Crippen LogP contribution in [0.1, 0.15) is 27.4 Å². The Balaban J connectivity index is 1.68. The molecule has 0 bridgehead atoms. The number of benzene rings is 2. The van der Waals surface area contributed by atoms with Crippen LogP contribution in [0.5, 0.6) is 5.75 Å². The molecule has 4 rings (SSSR count). The quantitative estimate of drug-likeness (QED) is 0.371. The van der Waals surface area contributed by atoms with E-state index < -0.39 is 0 Å². The van der Waals surface area contributed by atoms with Gasteiger partial charge in [0.15, 0.2) is 0 Å². The largest absolute Gasteiger partial charge is 0.496 e. The number of carbonyl (C=O) groups is 1. The molecule has 0 aliphatic carbocycles. The number of hydrogen-bond acceptors (Lipinski definition) is 5. The number of aromatic nitrogens is 2. The Morgan fingerprint density at radius 2 is 1.87 bits per heavy atom. The molecule has 7 nitrogen and oxygen atoms in total. The number of nitrogens with zero attached hydrogens (tertiary/aromatic N) is 3. The molecule has 1 amide bonds. The standard InChI is InChI=1S/C24H22N4O3/c1-16-13-21(17(2)31-16)24(29)26-25-14-18-15-28(19-9-5-4-6-10-19)27-23(18)20-11-7-8-12-22(20)30-3/h4-15H,1-3H3,(H,26,29)/b25-14-. The SMILES string of the molecule is COc1ccccc1-c1nn(-c2ccccc2)cc1/C=N\NC(=O)c1cc(C)oc1C. The number of carbonyl (C=O) groups excluding carboxylic acids is 1. The fraction of sp³-hybridized carbons (Fsp3) is 0.125. The number of amides is 1. The van der Waals surface area contributed by atoms with Gasteiger partial charge in [-0.15, -0.1) is 0 Å². The molecule has 0 unspecified atom stereocenters. The van der Waals surface area contributed by atoms with E-state index in [0.29, 0.717) is 28.5 Å². The number of hydrogen-bond donors (Lipinski definition) is 1. The van der Waals surface area contributed by atoms with Gasteiger partial charge >= 0.3 is 0 Å². The maximum atomic E-state index is 12.4. The predicted octanol–water partition coefficient (Wildman–Crippen LogP) is 4.52. The summed E-state index contributed by atoms with van der Waals surface area (Å²) in [6.45, 7) is 3.54. The molecule has 0 radical (unpaired) electrons. The molecule has 1 N–H and O–H groups in total. The molecular weight excluding hydrogens is 392 g/mol. The molecule has 4 aromatic rings. The zero-order valence-corrected chi connectivity index (χ0v) is 17.5. The molecule has 0 spiro atoms.